The second kappa shape index (κ2) is 9.40. The Balaban J connectivity index is 0.00000225. The van der Waals surface area contributed by atoms with Gasteiger partial charge in [-0.25, -0.2) is 4.98 Å². The van der Waals surface area contributed by atoms with Crippen molar-refractivity contribution in [3.8, 4) is 0 Å². The van der Waals surface area contributed by atoms with E-state index in [2.05, 4.69) is 4.98 Å². The summed E-state index contributed by atoms with van der Waals surface area (Å²) in [6.45, 7) is 0.513. The minimum atomic E-state index is -0.0473. The zero-order valence-corrected chi connectivity index (χ0v) is 14.4. The minimum Gasteiger partial charge on any atom is -1.00 e. The molecule has 1 aromatic heterocycles. The fraction of sp³-hybridized carbons (Fsp3) is 0.0476. The van der Waals surface area contributed by atoms with Crippen LogP contribution in [0.5, 0.6) is 0 Å². The van der Waals surface area contributed by atoms with Gasteiger partial charge in [0.25, 0.3) is 5.91 Å². The van der Waals surface area contributed by atoms with E-state index >= 15 is 0 Å². The van der Waals surface area contributed by atoms with Gasteiger partial charge in [0, 0.05) is 23.4 Å². The van der Waals surface area contributed by atoms with E-state index in [1.165, 1.54) is 0 Å². The molecule has 0 atom stereocenters. The van der Waals surface area contributed by atoms with Crippen LogP contribution < -0.4 is 22.3 Å². The van der Waals surface area contributed by atoms with Gasteiger partial charge in [0.05, 0.1) is 6.54 Å². The third kappa shape index (κ3) is 5.30. The molecule has 0 unspecified atom stereocenters. The first-order chi connectivity index (χ1) is 11.8. The number of hydrogen-bond acceptors (Lipinski definition) is 1. The molecule has 1 N–H and O–H groups in total. The van der Waals surface area contributed by atoms with Crippen molar-refractivity contribution in [3.05, 3.63) is 102 Å². The van der Waals surface area contributed by atoms with Crippen molar-refractivity contribution in [2.45, 2.75) is 6.54 Å². The normalized spacial score (nSPS) is 10.2. The van der Waals surface area contributed by atoms with Crippen LogP contribution in [0.4, 0.5) is 5.69 Å². The molecule has 126 valence electrons. The van der Waals surface area contributed by atoms with Gasteiger partial charge in [-0.15, -0.1) is 0 Å². The van der Waals surface area contributed by atoms with Gasteiger partial charge >= 0.3 is 0 Å². The van der Waals surface area contributed by atoms with Crippen molar-refractivity contribution < 1.29 is 22.2 Å². The lowest BCUT2D eigenvalue weighted by molar-refractivity contribution is -0.378. The molecule has 0 fully saturated rings. The zero-order valence-electron chi connectivity index (χ0n) is 13.7. The molecule has 0 aliphatic rings. The van der Waals surface area contributed by atoms with Crippen LogP contribution in [0.1, 0.15) is 11.1 Å². The van der Waals surface area contributed by atoms with Crippen LogP contribution in [0.15, 0.2) is 91.3 Å². The predicted molar refractivity (Wildman–Crippen MR) is 96.1 cm³/mol. The van der Waals surface area contributed by atoms with Crippen molar-refractivity contribution in [1.29, 1.82) is 0 Å². The van der Waals surface area contributed by atoms with Crippen LogP contribution in [0.25, 0.3) is 6.08 Å². The number of rotatable bonds is 5. The van der Waals surface area contributed by atoms with Crippen LogP contribution in [-0.4, -0.2) is 5.91 Å². The summed E-state index contributed by atoms with van der Waals surface area (Å²) in [5.74, 6) is -0.0473. The Morgan fingerprint density at radius 1 is 0.920 bits per heavy atom. The smallest absolute Gasteiger partial charge is 0.251 e. The summed E-state index contributed by atoms with van der Waals surface area (Å²) >= 11 is 0. The average Bonchev–Trinajstić information content (AvgIpc) is 2.66. The van der Waals surface area contributed by atoms with E-state index in [1.807, 2.05) is 91.3 Å². The largest absolute Gasteiger partial charge is 1.00 e. The minimum absolute atomic E-state index is 0. The Bertz CT molecular complexity index is 805. The van der Waals surface area contributed by atoms with Gasteiger partial charge < -0.3 is 17.3 Å². The molecule has 2 aromatic carbocycles. The van der Waals surface area contributed by atoms with Gasteiger partial charge in [0.1, 0.15) is 0 Å². The third-order valence-corrected chi connectivity index (χ3v) is 3.66. The molecule has 0 aliphatic carbocycles. The Labute approximate surface area is 154 Å². The monoisotopic (exact) mass is 350 g/mol. The SMILES string of the molecule is O=C(/C=C/c1ccccc1)N(Cc1ccc[nH+]c1)c1ccccc1.[Cl-]. The van der Waals surface area contributed by atoms with Crippen molar-refractivity contribution in [2.75, 3.05) is 4.90 Å². The molecule has 1 heterocycles. The Morgan fingerprint density at radius 3 is 2.24 bits per heavy atom. The summed E-state index contributed by atoms with van der Waals surface area (Å²) in [5, 5.41) is 0. The fourth-order valence-corrected chi connectivity index (χ4v) is 2.44. The first kappa shape index (κ1) is 18.4. The molecule has 4 heteroatoms. The second-order valence-electron chi connectivity index (χ2n) is 5.42. The summed E-state index contributed by atoms with van der Waals surface area (Å²) in [6, 6.07) is 23.5. The number of nitrogens with zero attached hydrogens (tertiary/aromatic N) is 1. The number of benzene rings is 2. The summed E-state index contributed by atoms with van der Waals surface area (Å²) in [4.78, 5) is 17.6. The van der Waals surface area contributed by atoms with Crippen molar-refractivity contribution >= 4 is 17.7 Å². The molecule has 3 aromatic rings. The molecule has 0 bridgehead atoms. The number of carbonyl (C=O) groups is 1. The molecule has 3 rings (SSSR count). The quantitative estimate of drug-likeness (QED) is 0.625. The highest BCUT2D eigenvalue weighted by atomic mass is 35.5. The number of anilines is 1. The van der Waals surface area contributed by atoms with Crippen LogP contribution in [0.3, 0.4) is 0 Å². The lowest BCUT2D eigenvalue weighted by Gasteiger charge is -2.20. The maximum Gasteiger partial charge on any atom is 0.251 e. The average molecular weight is 351 g/mol. The van der Waals surface area contributed by atoms with Crippen molar-refractivity contribution in [2.24, 2.45) is 0 Å². The van der Waals surface area contributed by atoms with Crippen LogP contribution in [-0.2, 0) is 11.3 Å². The number of aromatic nitrogens is 1. The highest BCUT2D eigenvalue weighted by molar-refractivity contribution is 6.03. The molecular formula is C21H19ClN2O. The lowest BCUT2D eigenvalue weighted by Crippen LogP contribution is -3.00. The maximum atomic E-state index is 12.8. The molecule has 0 saturated heterocycles. The van der Waals surface area contributed by atoms with Crippen LogP contribution >= 0.6 is 0 Å². The van der Waals surface area contributed by atoms with Gasteiger partial charge in [-0.1, -0.05) is 48.5 Å². The molecular weight excluding hydrogens is 332 g/mol. The molecule has 0 saturated carbocycles. The van der Waals surface area contributed by atoms with E-state index < -0.39 is 0 Å². The number of nitrogens with one attached hydrogen (secondary N) is 1. The molecule has 1 amide bonds. The number of aromatic amines is 1. The van der Waals surface area contributed by atoms with E-state index in [0.717, 1.165) is 16.8 Å². The van der Waals surface area contributed by atoms with E-state index in [4.69, 9.17) is 0 Å². The van der Waals surface area contributed by atoms with Crippen molar-refractivity contribution in [3.63, 3.8) is 0 Å². The maximum absolute atomic E-state index is 12.8. The molecule has 0 aliphatic heterocycles. The summed E-state index contributed by atoms with van der Waals surface area (Å²) < 4.78 is 0. The van der Waals surface area contributed by atoms with Gasteiger partial charge in [-0.3, -0.25) is 4.79 Å². The van der Waals surface area contributed by atoms with Crippen molar-refractivity contribution in [1.82, 2.24) is 0 Å². The summed E-state index contributed by atoms with van der Waals surface area (Å²) in [6.07, 6.45) is 7.22. The highest BCUT2D eigenvalue weighted by Crippen LogP contribution is 2.17. The molecule has 0 spiro atoms. The Hall–Kier alpha value is -2.91. The number of para-hydroxylation sites is 1. The number of amides is 1. The first-order valence-corrected chi connectivity index (χ1v) is 7.87. The molecule has 0 radical (unpaired) electrons. The van der Waals surface area contributed by atoms with E-state index in [1.54, 1.807) is 11.0 Å². The van der Waals surface area contributed by atoms with Gasteiger partial charge in [-0.05, 0) is 29.8 Å². The molecule has 3 nitrogen and oxygen atoms in total. The van der Waals surface area contributed by atoms with Crippen LogP contribution in [0.2, 0.25) is 0 Å². The lowest BCUT2D eigenvalue weighted by atomic mass is 10.2. The number of pyridine rings is 1. The Morgan fingerprint density at radius 2 is 1.60 bits per heavy atom. The Kier molecular flexibility index (Phi) is 6.93. The summed E-state index contributed by atoms with van der Waals surface area (Å²) in [5.41, 5.74) is 2.93. The standard InChI is InChI=1S/C21H18N2O.ClH/c24-21(14-13-18-8-3-1-4-9-18)23(20-11-5-2-6-12-20)17-19-10-7-15-22-16-19;/h1-16H,17H2;1H/b14-13+;. The van der Waals surface area contributed by atoms with Gasteiger partial charge in [-0.2, -0.15) is 0 Å². The highest BCUT2D eigenvalue weighted by Gasteiger charge is 2.14. The van der Waals surface area contributed by atoms with Gasteiger partial charge in [0.2, 0.25) is 0 Å². The third-order valence-electron chi connectivity index (χ3n) is 3.66. The van der Waals surface area contributed by atoms with Gasteiger partial charge in [0.15, 0.2) is 12.4 Å². The van der Waals surface area contributed by atoms with E-state index in [0.29, 0.717) is 6.54 Å². The number of halogens is 1. The first-order valence-electron chi connectivity index (χ1n) is 7.87. The van der Waals surface area contributed by atoms with E-state index in [-0.39, 0.29) is 18.3 Å². The number of H-pyrrole nitrogens is 1. The zero-order chi connectivity index (χ0) is 16.6. The second-order valence-corrected chi connectivity index (χ2v) is 5.42. The number of hydrogen-bond donors (Lipinski definition) is 0. The van der Waals surface area contributed by atoms with Crippen LogP contribution in [0, 0.1) is 0 Å². The molecule has 25 heavy (non-hydrogen) atoms. The topological polar surface area (TPSA) is 34.5 Å². The fourth-order valence-electron chi connectivity index (χ4n) is 2.44. The predicted octanol–water partition coefficient (Wildman–Crippen LogP) is 0.751. The van der Waals surface area contributed by atoms with E-state index in [9.17, 15) is 4.79 Å². The number of carbonyl (C=O) groups excluding carboxylic acids is 1. The summed E-state index contributed by atoms with van der Waals surface area (Å²) in [7, 11) is 0.